The minimum Gasteiger partial charge on any atom is -0.486 e. The fourth-order valence-electron chi connectivity index (χ4n) is 1.82. The van der Waals surface area contributed by atoms with E-state index in [4.69, 9.17) is 14.6 Å². The van der Waals surface area contributed by atoms with Gasteiger partial charge in [-0.2, -0.15) is 0 Å². The molecule has 0 aliphatic heterocycles. The van der Waals surface area contributed by atoms with Crippen LogP contribution in [0.3, 0.4) is 0 Å². The van der Waals surface area contributed by atoms with E-state index in [-0.39, 0.29) is 12.3 Å². The molecule has 0 amide bonds. The first kappa shape index (κ1) is 16.5. The summed E-state index contributed by atoms with van der Waals surface area (Å²) in [4.78, 5) is 16.0. The van der Waals surface area contributed by atoms with E-state index in [2.05, 4.69) is 16.8 Å². The molecule has 1 heterocycles. The lowest BCUT2D eigenvalue weighted by molar-refractivity contribution is 0.0588. The Hall–Kier alpha value is -2.84. The van der Waals surface area contributed by atoms with Crippen LogP contribution in [0.5, 0.6) is 5.75 Å². The van der Waals surface area contributed by atoms with Crippen molar-refractivity contribution in [2.75, 3.05) is 13.7 Å². The van der Waals surface area contributed by atoms with Crippen molar-refractivity contribution < 1.29 is 19.4 Å². The summed E-state index contributed by atoms with van der Waals surface area (Å²) < 4.78 is 10.4. The molecule has 118 valence electrons. The van der Waals surface area contributed by atoms with Crippen LogP contribution in [0, 0.1) is 11.8 Å². The van der Waals surface area contributed by atoms with Crippen molar-refractivity contribution in [2.45, 2.75) is 13.0 Å². The van der Waals surface area contributed by atoms with Crippen LogP contribution >= 0.6 is 0 Å². The summed E-state index contributed by atoms with van der Waals surface area (Å²) in [6, 6.07) is 12.9. The molecule has 5 heteroatoms. The second-order valence-electron chi connectivity index (χ2n) is 4.58. The SMILES string of the molecule is COC(=O)c1nc(C#CCCO)ccc1OCc1ccccc1. The van der Waals surface area contributed by atoms with Crippen LogP contribution in [0.2, 0.25) is 0 Å². The van der Waals surface area contributed by atoms with E-state index in [9.17, 15) is 4.79 Å². The Kier molecular flexibility index (Phi) is 6.16. The lowest BCUT2D eigenvalue weighted by Crippen LogP contribution is -2.09. The zero-order chi connectivity index (χ0) is 16.5. The van der Waals surface area contributed by atoms with Crippen molar-refractivity contribution in [2.24, 2.45) is 0 Å². The van der Waals surface area contributed by atoms with Crippen LogP contribution < -0.4 is 4.74 Å². The number of aliphatic hydroxyl groups is 1. The highest BCUT2D eigenvalue weighted by atomic mass is 16.5. The largest absolute Gasteiger partial charge is 0.486 e. The molecule has 1 aromatic carbocycles. The molecule has 0 aliphatic rings. The minimum absolute atomic E-state index is 0.0187. The molecule has 0 bridgehead atoms. The van der Waals surface area contributed by atoms with Gasteiger partial charge in [-0.1, -0.05) is 36.3 Å². The molecule has 1 N–H and O–H groups in total. The number of carbonyl (C=O) groups excluding carboxylic acids is 1. The molecular formula is C18H17NO4. The van der Waals surface area contributed by atoms with Gasteiger partial charge in [0.25, 0.3) is 0 Å². The summed E-state index contributed by atoms with van der Waals surface area (Å²) in [7, 11) is 1.29. The topological polar surface area (TPSA) is 68.7 Å². The fourth-order valence-corrected chi connectivity index (χ4v) is 1.82. The summed E-state index contributed by atoms with van der Waals surface area (Å²) >= 11 is 0. The molecule has 0 saturated carbocycles. The van der Waals surface area contributed by atoms with Gasteiger partial charge in [0.15, 0.2) is 11.4 Å². The minimum atomic E-state index is -0.584. The van der Waals surface area contributed by atoms with E-state index >= 15 is 0 Å². The molecule has 1 aromatic heterocycles. The molecule has 2 aromatic rings. The van der Waals surface area contributed by atoms with E-state index in [1.165, 1.54) is 7.11 Å². The van der Waals surface area contributed by atoms with Crippen LogP contribution in [0.1, 0.15) is 28.2 Å². The van der Waals surface area contributed by atoms with Crippen molar-refractivity contribution in [1.82, 2.24) is 4.98 Å². The molecule has 5 nitrogen and oxygen atoms in total. The van der Waals surface area contributed by atoms with E-state index in [0.29, 0.717) is 24.5 Å². The number of carbonyl (C=O) groups is 1. The van der Waals surface area contributed by atoms with Gasteiger partial charge < -0.3 is 14.6 Å². The Morgan fingerprint density at radius 1 is 1.22 bits per heavy atom. The van der Waals surface area contributed by atoms with Gasteiger partial charge in [0.1, 0.15) is 12.3 Å². The van der Waals surface area contributed by atoms with E-state index in [0.717, 1.165) is 5.56 Å². The maximum absolute atomic E-state index is 11.9. The molecule has 2 rings (SSSR count). The monoisotopic (exact) mass is 311 g/mol. The van der Waals surface area contributed by atoms with Gasteiger partial charge in [0, 0.05) is 6.42 Å². The molecule has 0 radical (unpaired) electrons. The molecule has 0 fully saturated rings. The predicted octanol–water partition coefficient (Wildman–Crippen LogP) is 2.18. The first-order valence-electron chi connectivity index (χ1n) is 7.10. The second kappa shape index (κ2) is 8.57. The highest BCUT2D eigenvalue weighted by molar-refractivity contribution is 5.90. The van der Waals surface area contributed by atoms with E-state index in [1.54, 1.807) is 12.1 Å². The highest BCUT2D eigenvalue weighted by Crippen LogP contribution is 2.19. The van der Waals surface area contributed by atoms with Crippen LogP contribution in [0.25, 0.3) is 0 Å². The maximum Gasteiger partial charge on any atom is 0.360 e. The normalized spacial score (nSPS) is 9.65. The Morgan fingerprint density at radius 3 is 2.70 bits per heavy atom. The Bertz CT molecular complexity index is 717. The number of aromatic nitrogens is 1. The molecular weight excluding hydrogens is 294 g/mol. The first-order chi connectivity index (χ1) is 11.2. The van der Waals surface area contributed by atoms with Gasteiger partial charge in [-0.05, 0) is 23.6 Å². The Morgan fingerprint density at radius 2 is 2.00 bits per heavy atom. The van der Waals surface area contributed by atoms with Crippen LogP contribution in [0.15, 0.2) is 42.5 Å². The number of esters is 1. The molecule has 23 heavy (non-hydrogen) atoms. The smallest absolute Gasteiger partial charge is 0.360 e. The summed E-state index contributed by atoms with van der Waals surface area (Å²) in [6.45, 7) is 0.303. The number of rotatable bonds is 5. The van der Waals surface area contributed by atoms with Crippen LogP contribution in [-0.4, -0.2) is 29.8 Å². The van der Waals surface area contributed by atoms with Crippen molar-refractivity contribution >= 4 is 5.97 Å². The first-order valence-corrected chi connectivity index (χ1v) is 7.10. The van der Waals surface area contributed by atoms with Crippen LogP contribution in [0.4, 0.5) is 0 Å². The average Bonchev–Trinajstić information content (AvgIpc) is 2.61. The fraction of sp³-hybridized carbons (Fsp3) is 0.222. The number of nitrogens with zero attached hydrogens (tertiary/aromatic N) is 1. The van der Waals surface area contributed by atoms with E-state index < -0.39 is 5.97 Å². The third-order valence-corrected chi connectivity index (χ3v) is 2.93. The van der Waals surface area contributed by atoms with Crippen molar-refractivity contribution in [3.05, 3.63) is 59.4 Å². The number of hydrogen-bond acceptors (Lipinski definition) is 5. The van der Waals surface area contributed by atoms with Gasteiger partial charge >= 0.3 is 5.97 Å². The van der Waals surface area contributed by atoms with Crippen molar-refractivity contribution in [1.29, 1.82) is 0 Å². The second-order valence-corrected chi connectivity index (χ2v) is 4.58. The van der Waals surface area contributed by atoms with Gasteiger partial charge in [0.05, 0.1) is 13.7 Å². The Balaban J connectivity index is 2.21. The Labute approximate surface area is 134 Å². The number of hydrogen-bond donors (Lipinski definition) is 1. The molecule has 0 atom stereocenters. The number of methoxy groups -OCH3 is 1. The summed E-state index contributed by atoms with van der Waals surface area (Å²) in [5.41, 5.74) is 1.49. The van der Waals surface area contributed by atoms with Crippen LogP contribution in [-0.2, 0) is 11.3 Å². The third kappa shape index (κ3) is 4.83. The van der Waals surface area contributed by atoms with Gasteiger partial charge in [-0.25, -0.2) is 9.78 Å². The zero-order valence-electron chi connectivity index (χ0n) is 12.8. The lowest BCUT2D eigenvalue weighted by Gasteiger charge is -2.10. The van der Waals surface area contributed by atoms with Crippen molar-refractivity contribution in [3.63, 3.8) is 0 Å². The van der Waals surface area contributed by atoms with Gasteiger partial charge in [-0.15, -0.1) is 0 Å². The zero-order valence-corrected chi connectivity index (χ0v) is 12.8. The molecule has 0 aliphatic carbocycles. The van der Waals surface area contributed by atoms with E-state index in [1.807, 2.05) is 30.3 Å². The standard InChI is InChI=1S/C18H17NO4/c1-22-18(21)17-16(23-13-14-7-3-2-4-8-14)11-10-15(19-17)9-5-6-12-20/h2-4,7-8,10-11,20H,6,12-13H2,1H3. The number of ether oxygens (including phenoxy) is 2. The summed E-state index contributed by atoms with van der Waals surface area (Å²) in [5.74, 6) is 5.30. The molecule has 0 spiro atoms. The highest BCUT2D eigenvalue weighted by Gasteiger charge is 2.16. The number of aliphatic hydroxyl groups excluding tert-OH is 1. The average molecular weight is 311 g/mol. The number of pyridine rings is 1. The molecule has 0 unspecified atom stereocenters. The van der Waals surface area contributed by atoms with Crippen molar-refractivity contribution in [3.8, 4) is 17.6 Å². The molecule has 0 saturated heterocycles. The number of benzene rings is 1. The maximum atomic E-state index is 11.9. The predicted molar refractivity (Wildman–Crippen MR) is 84.9 cm³/mol. The summed E-state index contributed by atoms with van der Waals surface area (Å²) in [5, 5.41) is 8.73. The van der Waals surface area contributed by atoms with Gasteiger partial charge in [0.2, 0.25) is 0 Å². The van der Waals surface area contributed by atoms with Gasteiger partial charge in [-0.3, -0.25) is 0 Å². The third-order valence-electron chi connectivity index (χ3n) is 2.93. The summed E-state index contributed by atoms with van der Waals surface area (Å²) in [6.07, 6.45) is 0.349. The quantitative estimate of drug-likeness (QED) is 0.677. The lowest BCUT2D eigenvalue weighted by atomic mass is 10.2.